The van der Waals surface area contributed by atoms with Crippen molar-refractivity contribution in [3.05, 3.63) is 59.7 Å². The third-order valence-electron chi connectivity index (χ3n) is 2.71. The predicted octanol–water partition coefficient (Wildman–Crippen LogP) is 4.21. The van der Waals surface area contributed by atoms with Crippen molar-refractivity contribution in [2.45, 2.75) is 33.1 Å². The number of hydrogen-bond acceptors (Lipinski definition) is 3. The number of carbonyl (C=O) groups is 1. The van der Waals surface area contributed by atoms with E-state index in [4.69, 9.17) is 9.90 Å². The van der Waals surface area contributed by atoms with Crippen LogP contribution in [0.5, 0.6) is 11.5 Å². The van der Waals surface area contributed by atoms with Gasteiger partial charge in [0.1, 0.15) is 18.3 Å². The Morgan fingerprint density at radius 1 is 0.905 bits per heavy atom. The number of para-hydroxylation sites is 1. The Bertz CT molecular complexity index is 525. The van der Waals surface area contributed by atoms with Crippen molar-refractivity contribution in [1.29, 1.82) is 0 Å². The molecule has 0 bridgehead atoms. The summed E-state index contributed by atoms with van der Waals surface area (Å²) in [4.78, 5) is 8.00. The van der Waals surface area contributed by atoms with Gasteiger partial charge in [0.2, 0.25) is 0 Å². The Balaban J connectivity index is 0.000000354. The van der Waals surface area contributed by atoms with Crippen LogP contribution >= 0.6 is 0 Å². The van der Waals surface area contributed by atoms with Crippen LogP contribution in [0.1, 0.15) is 31.9 Å². The van der Waals surface area contributed by atoms with Crippen molar-refractivity contribution >= 4 is 6.79 Å². The maximum Gasteiger partial charge on any atom is 0.119 e. The molecule has 0 saturated heterocycles. The maximum absolute atomic E-state index is 9.45. The molecule has 0 aliphatic carbocycles. The summed E-state index contributed by atoms with van der Waals surface area (Å²) in [5, 5.41) is 18.3. The summed E-state index contributed by atoms with van der Waals surface area (Å²) >= 11 is 0. The van der Waals surface area contributed by atoms with E-state index < -0.39 is 0 Å². The molecular weight excluding hydrogens is 264 g/mol. The maximum atomic E-state index is 9.45. The van der Waals surface area contributed by atoms with Crippen LogP contribution < -0.4 is 0 Å². The fourth-order valence-corrected chi connectivity index (χ4v) is 1.74. The molecule has 0 radical (unpaired) electrons. The molecule has 0 aliphatic heterocycles. The van der Waals surface area contributed by atoms with Crippen LogP contribution in [-0.2, 0) is 10.2 Å². The van der Waals surface area contributed by atoms with E-state index in [9.17, 15) is 5.11 Å². The highest BCUT2D eigenvalue weighted by Crippen LogP contribution is 2.29. The lowest BCUT2D eigenvalue weighted by Crippen LogP contribution is -2.10. The van der Waals surface area contributed by atoms with Gasteiger partial charge >= 0.3 is 0 Å². The zero-order valence-corrected chi connectivity index (χ0v) is 13.1. The Morgan fingerprint density at radius 2 is 1.48 bits per heavy atom. The quantitative estimate of drug-likeness (QED) is 0.763. The van der Waals surface area contributed by atoms with Crippen LogP contribution in [0.25, 0.3) is 0 Å². The lowest BCUT2D eigenvalue weighted by atomic mass is 9.86. The Hall–Kier alpha value is -2.29. The minimum atomic E-state index is 0.0331. The van der Waals surface area contributed by atoms with Gasteiger partial charge in [-0.05, 0) is 41.7 Å². The topological polar surface area (TPSA) is 57.5 Å². The molecule has 114 valence electrons. The SMILES string of the molecule is C=O.CC(C)(C)c1ccccc1O.Cc1cccc(O)c1. The molecule has 0 saturated carbocycles. The van der Waals surface area contributed by atoms with Crippen molar-refractivity contribution < 1.29 is 15.0 Å². The second kappa shape index (κ2) is 8.80. The first-order chi connectivity index (χ1) is 9.80. The monoisotopic (exact) mass is 288 g/mol. The minimum absolute atomic E-state index is 0.0331. The average molecular weight is 288 g/mol. The first-order valence-electron chi connectivity index (χ1n) is 6.63. The summed E-state index contributed by atoms with van der Waals surface area (Å²) in [5.74, 6) is 0.727. The molecule has 0 amide bonds. The molecule has 0 spiro atoms. The summed E-state index contributed by atoms with van der Waals surface area (Å²) in [7, 11) is 0. The second-order valence-electron chi connectivity index (χ2n) is 5.61. The molecule has 0 aliphatic rings. The molecule has 2 N–H and O–H groups in total. The van der Waals surface area contributed by atoms with Gasteiger partial charge in [0.25, 0.3) is 0 Å². The number of rotatable bonds is 0. The highest BCUT2D eigenvalue weighted by atomic mass is 16.3. The summed E-state index contributed by atoms with van der Waals surface area (Å²) < 4.78 is 0. The van der Waals surface area contributed by atoms with Crippen LogP contribution in [-0.4, -0.2) is 17.0 Å². The lowest BCUT2D eigenvalue weighted by Gasteiger charge is -2.19. The van der Waals surface area contributed by atoms with Gasteiger partial charge < -0.3 is 15.0 Å². The van der Waals surface area contributed by atoms with Gasteiger partial charge in [0.15, 0.2) is 0 Å². The van der Waals surface area contributed by atoms with Crippen molar-refractivity contribution in [3.63, 3.8) is 0 Å². The van der Waals surface area contributed by atoms with E-state index >= 15 is 0 Å². The van der Waals surface area contributed by atoms with Gasteiger partial charge in [-0.3, -0.25) is 0 Å². The van der Waals surface area contributed by atoms with Crippen LogP contribution in [0, 0.1) is 6.92 Å². The smallest absolute Gasteiger partial charge is 0.119 e. The predicted molar refractivity (Wildman–Crippen MR) is 86.8 cm³/mol. The molecule has 0 unspecified atom stereocenters. The van der Waals surface area contributed by atoms with E-state index in [0.29, 0.717) is 11.5 Å². The molecular formula is C18H24O3. The van der Waals surface area contributed by atoms with E-state index in [1.807, 2.05) is 44.0 Å². The number of phenols is 2. The average Bonchev–Trinajstić information content (AvgIpc) is 2.40. The second-order valence-corrected chi connectivity index (χ2v) is 5.61. The number of carbonyl (C=O) groups excluding carboxylic acids is 1. The molecule has 3 heteroatoms. The van der Waals surface area contributed by atoms with Gasteiger partial charge in [0.05, 0.1) is 0 Å². The third kappa shape index (κ3) is 7.16. The van der Waals surface area contributed by atoms with Crippen LogP contribution in [0.4, 0.5) is 0 Å². The Labute approximate surface area is 126 Å². The number of phenolic OH excluding ortho intramolecular Hbond substituents is 2. The molecule has 0 heterocycles. The van der Waals surface area contributed by atoms with Crippen LogP contribution in [0.15, 0.2) is 48.5 Å². The molecule has 0 atom stereocenters. The van der Waals surface area contributed by atoms with Crippen LogP contribution in [0.3, 0.4) is 0 Å². The molecule has 2 rings (SSSR count). The first kappa shape index (κ1) is 18.7. The summed E-state index contributed by atoms with van der Waals surface area (Å²) in [6.07, 6.45) is 0. The number of aryl methyl sites for hydroxylation is 1. The van der Waals surface area contributed by atoms with Gasteiger partial charge in [-0.15, -0.1) is 0 Å². The Kier molecular flexibility index (Phi) is 7.84. The van der Waals surface area contributed by atoms with Crippen molar-refractivity contribution in [2.24, 2.45) is 0 Å². The van der Waals surface area contributed by atoms with Gasteiger partial charge in [-0.2, -0.15) is 0 Å². The normalized spacial score (nSPS) is 9.71. The van der Waals surface area contributed by atoms with Gasteiger partial charge in [0, 0.05) is 0 Å². The highest BCUT2D eigenvalue weighted by Gasteiger charge is 2.16. The molecule has 3 nitrogen and oxygen atoms in total. The molecule has 0 fully saturated rings. The molecule has 21 heavy (non-hydrogen) atoms. The summed E-state index contributed by atoms with van der Waals surface area (Å²) in [6.45, 7) is 10.2. The Morgan fingerprint density at radius 3 is 1.81 bits per heavy atom. The number of aromatic hydroxyl groups is 2. The molecule has 2 aromatic carbocycles. The van der Waals surface area contributed by atoms with Crippen molar-refractivity contribution in [1.82, 2.24) is 0 Å². The first-order valence-corrected chi connectivity index (χ1v) is 6.63. The fourth-order valence-electron chi connectivity index (χ4n) is 1.74. The zero-order valence-electron chi connectivity index (χ0n) is 13.1. The van der Waals surface area contributed by atoms with E-state index in [-0.39, 0.29) is 5.41 Å². The van der Waals surface area contributed by atoms with E-state index in [1.54, 1.807) is 18.2 Å². The fraction of sp³-hybridized carbons (Fsp3) is 0.278. The van der Waals surface area contributed by atoms with Gasteiger partial charge in [-0.1, -0.05) is 51.1 Å². The highest BCUT2D eigenvalue weighted by molar-refractivity contribution is 5.36. The largest absolute Gasteiger partial charge is 0.508 e. The summed E-state index contributed by atoms with van der Waals surface area (Å²) in [5.41, 5.74) is 2.12. The molecule has 0 aromatic heterocycles. The summed E-state index contributed by atoms with van der Waals surface area (Å²) in [6, 6.07) is 14.6. The molecule has 2 aromatic rings. The van der Waals surface area contributed by atoms with Crippen LogP contribution in [0.2, 0.25) is 0 Å². The van der Waals surface area contributed by atoms with Crippen molar-refractivity contribution in [2.75, 3.05) is 0 Å². The third-order valence-corrected chi connectivity index (χ3v) is 2.71. The van der Waals surface area contributed by atoms with E-state index in [0.717, 1.165) is 11.1 Å². The minimum Gasteiger partial charge on any atom is -0.508 e. The van der Waals surface area contributed by atoms with Crippen molar-refractivity contribution in [3.8, 4) is 11.5 Å². The zero-order chi connectivity index (χ0) is 16.5. The number of benzene rings is 2. The van der Waals surface area contributed by atoms with E-state index in [1.165, 1.54) is 0 Å². The number of hydrogen-bond donors (Lipinski definition) is 2. The van der Waals surface area contributed by atoms with Gasteiger partial charge in [-0.25, -0.2) is 0 Å². The van der Waals surface area contributed by atoms with E-state index in [2.05, 4.69) is 20.8 Å². The standard InChI is InChI=1S/C10H14O.C7H8O.CH2O/c1-10(2,3)8-6-4-5-7-9(8)11;1-6-3-2-4-7(8)5-6;1-2/h4-7,11H,1-3H3;2-5,8H,1H3;1H2. The lowest BCUT2D eigenvalue weighted by molar-refractivity contribution is -0.0979.